The fourth-order valence-electron chi connectivity index (χ4n) is 2.34. The predicted octanol–water partition coefficient (Wildman–Crippen LogP) is 1.96. The van der Waals surface area contributed by atoms with Gasteiger partial charge < -0.3 is 9.47 Å². The number of benzene rings is 1. The van der Waals surface area contributed by atoms with Gasteiger partial charge in [0.25, 0.3) is 0 Å². The quantitative estimate of drug-likeness (QED) is 0.724. The number of amides is 1. The molecule has 2 heterocycles. The van der Waals surface area contributed by atoms with Gasteiger partial charge in [0.15, 0.2) is 0 Å². The number of hydrogen-bond donors (Lipinski definition) is 0. The minimum Gasteiger partial charge on any atom is -0.493 e. The summed E-state index contributed by atoms with van der Waals surface area (Å²) in [5.74, 6) is 0.887. The molecule has 0 aliphatic carbocycles. The highest BCUT2D eigenvalue weighted by Crippen LogP contribution is 2.36. The van der Waals surface area contributed by atoms with Crippen molar-refractivity contribution in [1.82, 2.24) is 4.90 Å². The molecule has 2 aliphatic heterocycles. The van der Waals surface area contributed by atoms with Gasteiger partial charge in [0, 0.05) is 12.0 Å². The van der Waals surface area contributed by atoms with Gasteiger partial charge in [-0.3, -0.25) is 4.90 Å². The zero-order valence-corrected chi connectivity index (χ0v) is 8.89. The third kappa shape index (κ3) is 1.41. The molecule has 1 fully saturated rings. The van der Waals surface area contributed by atoms with E-state index in [-0.39, 0.29) is 12.1 Å². The lowest BCUT2D eigenvalue weighted by atomic mass is 9.99. The second-order valence-corrected chi connectivity index (χ2v) is 4.00. The van der Waals surface area contributed by atoms with Gasteiger partial charge in [-0.15, -0.1) is 0 Å². The summed E-state index contributed by atoms with van der Waals surface area (Å²) in [5.41, 5.74) is 1.09. The fourth-order valence-corrected chi connectivity index (χ4v) is 2.34. The molecule has 1 aromatic carbocycles. The van der Waals surface area contributed by atoms with Crippen LogP contribution in [0.3, 0.4) is 0 Å². The third-order valence-corrected chi connectivity index (χ3v) is 3.10. The van der Waals surface area contributed by atoms with Crippen LogP contribution in [0.2, 0.25) is 0 Å². The number of rotatable bonds is 1. The second kappa shape index (κ2) is 3.70. The lowest BCUT2D eigenvalue weighted by Crippen LogP contribution is -2.33. The molecular weight excluding hydrogens is 206 g/mol. The van der Waals surface area contributed by atoms with Crippen molar-refractivity contribution in [3.63, 3.8) is 0 Å². The Morgan fingerprint density at radius 1 is 1.19 bits per heavy atom. The highest BCUT2D eigenvalue weighted by molar-refractivity contribution is 5.70. The van der Waals surface area contributed by atoms with E-state index in [1.54, 1.807) is 4.90 Å². The van der Waals surface area contributed by atoms with Crippen LogP contribution >= 0.6 is 0 Å². The van der Waals surface area contributed by atoms with Crippen LogP contribution in [0.1, 0.15) is 18.0 Å². The van der Waals surface area contributed by atoms with Crippen molar-refractivity contribution < 1.29 is 14.3 Å². The summed E-state index contributed by atoms with van der Waals surface area (Å²) >= 11 is 0. The van der Waals surface area contributed by atoms with Gasteiger partial charge in [-0.1, -0.05) is 18.2 Å². The summed E-state index contributed by atoms with van der Waals surface area (Å²) in [5, 5.41) is 0. The van der Waals surface area contributed by atoms with Crippen LogP contribution in [-0.4, -0.2) is 30.8 Å². The lowest BCUT2D eigenvalue weighted by molar-refractivity contribution is 0.134. The minimum absolute atomic E-state index is 0.111. The normalized spacial score (nSPS) is 23.6. The number of hydrogen-bond acceptors (Lipinski definition) is 3. The number of para-hydroxylation sites is 1. The third-order valence-electron chi connectivity index (χ3n) is 3.10. The van der Waals surface area contributed by atoms with Gasteiger partial charge in [-0.05, 0) is 6.07 Å². The van der Waals surface area contributed by atoms with Gasteiger partial charge in [0.2, 0.25) is 0 Å². The Labute approximate surface area is 93.8 Å². The summed E-state index contributed by atoms with van der Waals surface area (Å²) < 4.78 is 10.5. The predicted molar refractivity (Wildman–Crippen MR) is 57.3 cm³/mol. The smallest absolute Gasteiger partial charge is 0.410 e. The second-order valence-electron chi connectivity index (χ2n) is 4.00. The molecule has 0 N–H and O–H groups in total. The van der Waals surface area contributed by atoms with Crippen LogP contribution < -0.4 is 4.74 Å². The topological polar surface area (TPSA) is 38.8 Å². The molecule has 1 unspecified atom stereocenters. The highest BCUT2D eigenvalue weighted by atomic mass is 16.6. The monoisotopic (exact) mass is 219 g/mol. The molecule has 16 heavy (non-hydrogen) atoms. The van der Waals surface area contributed by atoms with Gasteiger partial charge in [-0.2, -0.15) is 0 Å². The maximum atomic E-state index is 11.5. The molecule has 1 saturated heterocycles. The van der Waals surface area contributed by atoms with Crippen LogP contribution in [0, 0.1) is 0 Å². The molecule has 2 aliphatic rings. The van der Waals surface area contributed by atoms with Crippen LogP contribution in [-0.2, 0) is 4.74 Å². The van der Waals surface area contributed by atoms with Crippen molar-refractivity contribution in [3.8, 4) is 5.75 Å². The number of fused-ring (bicyclic) bond motifs is 1. The van der Waals surface area contributed by atoms with E-state index in [0.717, 1.165) is 17.7 Å². The zero-order chi connectivity index (χ0) is 11.0. The van der Waals surface area contributed by atoms with E-state index >= 15 is 0 Å². The van der Waals surface area contributed by atoms with E-state index in [1.807, 2.05) is 24.3 Å². The molecule has 0 aromatic heterocycles. The SMILES string of the molecule is O=C1OCCN1C1CCOc2ccccc21. The Morgan fingerprint density at radius 2 is 2.06 bits per heavy atom. The van der Waals surface area contributed by atoms with E-state index < -0.39 is 0 Å². The molecule has 0 radical (unpaired) electrons. The van der Waals surface area contributed by atoms with Gasteiger partial charge in [0.05, 0.1) is 19.2 Å². The molecule has 0 saturated carbocycles. The minimum atomic E-state index is -0.207. The Bertz CT molecular complexity index is 418. The molecule has 4 nitrogen and oxygen atoms in total. The molecule has 4 heteroatoms. The number of ether oxygens (including phenoxy) is 2. The van der Waals surface area contributed by atoms with Crippen molar-refractivity contribution in [1.29, 1.82) is 0 Å². The average Bonchev–Trinajstić information content (AvgIpc) is 2.75. The van der Waals surface area contributed by atoms with Gasteiger partial charge in [0.1, 0.15) is 12.4 Å². The van der Waals surface area contributed by atoms with Crippen molar-refractivity contribution in [2.75, 3.05) is 19.8 Å². The molecule has 3 rings (SSSR count). The van der Waals surface area contributed by atoms with E-state index in [9.17, 15) is 4.79 Å². The molecular formula is C12H13NO3. The summed E-state index contributed by atoms with van der Waals surface area (Å²) in [6.07, 6.45) is 0.633. The number of cyclic esters (lactones) is 1. The Hall–Kier alpha value is -1.71. The first-order valence-corrected chi connectivity index (χ1v) is 5.51. The maximum Gasteiger partial charge on any atom is 0.410 e. The molecule has 1 aromatic rings. The highest BCUT2D eigenvalue weighted by Gasteiger charge is 2.33. The molecule has 84 valence electrons. The fraction of sp³-hybridized carbons (Fsp3) is 0.417. The summed E-state index contributed by atoms with van der Waals surface area (Å²) in [7, 11) is 0. The largest absolute Gasteiger partial charge is 0.493 e. The molecule has 0 spiro atoms. The summed E-state index contributed by atoms with van der Waals surface area (Å²) in [6.45, 7) is 1.83. The van der Waals surface area contributed by atoms with Crippen LogP contribution in [0.15, 0.2) is 24.3 Å². The van der Waals surface area contributed by atoms with Crippen LogP contribution in [0.25, 0.3) is 0 Å². The first kappa shape index (κ1) is 9.51. The number of carbonyl (C=O) groups excluding carboxylic acids is 1. The molecule has 0 bridgehead atoms. The van der Waals surface area contributed by atoms with E-state index in [2.05, 4.69) is 0 Å². The number of nitrogens with zero attached hydrogens (tertiary/aromatic N) is 1. The standard InChI is InChI=1S/C12H13NO3/c14-12-13(6-8-16-12)10-5-7-15-11-4-2-1-3-9(10)11/h1-4,10H,5-8H2. The Morgan fingerprint density at radius 3 is 2.88 bits per heavy atom. The zero-order valence-electron chi connectivity index (χ0n) is 8.89. The van der Waals surface area contributed by atoms with Gasteiger partial charge >= 0.3 is 6.09 Å². The van der Waals surface area contributed by atoms with Crippen molar-refractivity contribution in [2.24, 2.45) is 0 Å². The first-order chi connectivity index (χ1) is 7.86. The molecule has 1 atom stereocenters. The van der Waals surface area contributed by atoms with Crippen LogP contribution in [0.4, 0.5) is 4.79 Å². The van der Waals surface area contributed by atoms with E-state index in [1.165, 1.54) is 0 Å². The Kier molecular flexibility index (Phi) is 2.20. The lowest BCUT2D eigenvalue weighted by Gasteiger charge is -2.31. The molecule has 1 amide bonds. The number of carbonyl (C=O) groups is 1. The summed E-state index contributed by atoms with van der Waals surface area (Å²) in [4.78, 5) is 13.3. The summed E-state index contributed by atoms with van der Waals surface area (Å²) in [6, 6.07) is 8.00. The Balaban J connectivity index is 1.95. The first-order valence-electron chi connectivity index (χ1n) is 5.51. The van der Waals surface area contributed by atoms with Crippen LogP contribution in [0.5, 0.6) is 5.75 Å². The van der Waals surface area contributed by atoms with E-state index in [4.69, 9.17) is 9.47 Å². The van der Waals surface area contributed by atoms with Crippen molar-refractivity contribution in [2.45, 2.75) is 12.5 Å². The van der Waals surface area contributed by atoms with Gasteiger partial charge in [-0.25, -0.2) is 4.79 Å². The maximum absolute atomic E-state index is 11.5. The average molecular weight is 219 g/mol. The van der Waals surface area contributed by atoms with E-state index in [0.29, 0.717) is 19.8 Å². The van der Waals surface area contributed by atoms with Crippen molar-refractivity contribution in [3.05, 3.63) is 29.8 Å². The van der Waals surface area contributed by atoms with Crippen molar-refractivity contribution >= 4 is 6.09 Å².